The first-order chi connectivity index (χ1) is 69.9. The molecular formula is C105H74N2O30S8. The van der Waals surface area contributed by atoms with Crippen molar-refractivity contribution in [3.63, 3.8) is 0 Å². The minimum absolute atomic E-state index is 0.0412. The van der Waals surface area contributed by atoms with Gasteiger partial charge >= 0.3 is 0 Å². The molecule has 145 heavy (non-hydrogen) atoms. The summed E-state index contributed by atoms with van der Waals surface area (Å²) in [5, 5.41) is 57.2. The number of carbonyl (C=O) groups is 3. The summed E-state index contributed by atoms with van der Waals surface area (Å²) in [5.74, 6) is 2.82. The van der Waals surface area contributed by atoms with Gasteiger partial charge in [-0.3, -0.25) is 28.0 Å². The van der Waals surface area contributed by atoms with E-state index in [1.54, 1.807) is 141 Å². The van der Waals surface area contributed by atoms with Crippen LogP contribution in [0.4, 0.5) is 0 Å². The maximum Gasteiger partial charge on any atom is 0.298 e. The van der Waals surface area contributed by atoms with Crippen LogP contribution in [0, 0.1) is 36.5 Å². The summed E-state index contributed by atoms with van der Waals surface area (Å²) in [7, 11) is -11.6. The van der Waals surface area contributed by atoms with Gasteiger partial charge in [0.2, 0.25) is 0 Å². The SMILES string of the molecule is COc1ccc(C(=O)c2ccc(Oc3ccc(Sc4ccc(Oc5cccc(Oc6ccc(-c7ccc(Oc8cccc(C)c8C#N)cc7)cc6)c5C#N)cc4)cc3)c(SOOO)c2)cc1S(=O)(=O)O.COc1ccc(Sc2ccc(Oc3ccc(C(=O)c4ccc(Oc5ccc(-c6ccc(Oc7ccc(C(=O)c8ccc(C)c(SOOO)c8)cc7S(=O)(=O)O)cc6)cc5)c(SOOO)c4)cc3S(=O)(=O)O)cc2)cc1. The minimum Gasteiger partial charge on any atom is -0.497 e. The van der Waals surface area contributed by atoms with E-state index in [2.05, 4.69) is 40.3 Å². The Balaban J connectivity index is 0.000000218. The highest BCUT2D eigenvalue weighted by Gasteiger charge is 2.28. The predicted molar refractivity (Wildman–Crippen MR) is 534 cm³/mol. The monoisotopic (exact) mass is 2100 g/mol. The lowest BCUT2D eigenvalue weighted by Crippen LogP contribution is -2.07. The van der Waals surface area contributed by atoms with Crippen LogP contribution in [-0.2, 0) is 58.5 Å². The van der Waals surface area contributed by atoms with Crippen molar-refractivity contribution in [2.75, 3.05) is 14.2 Å². The zero-order valence-corrected chi connectivity index (χ0v) is 82.0. The van der Waals surface area contributed by atoms with Gasteiger partial charge in [-0.1, -0.05) is 118 Å². The summed E-state index contributed by atoms with van der Waals surface area (Å²) in [6.07, 6.45) is 0. The summed E-state index contributed by atoms with van der Waals surface area (Å²) >= 11 is 4.72. The molecule has 0 fully saturated rings. The quantitative estimate of drug-likeness (QED) is 0.00683. The van der Waals surface area contributed by atoms with Gasteiger partial charge in [-0.15, -0.1) is 13.0 Å². The van der Waals surface area contributed by atoms with Crippen LogP contribution < -0.4 is 42.6 Å². The van der Waals surface area contributed by atoms with Crippen LogP contribution in [-0.4, -0.2) is 86.3 Å². The summed E-state index contributed by atoms with van der Waals surface area (Å²) in [4.78, 5) is 43.2. The molecule has 32 nitrogen and oxygen atoms in total. The molecule has 0 aliphatic carbocycles. The van der Waals surface area contributed by atoms with E-state index in [1.165, 1.54) is 116 Å². The van der Waals surface area contributed by atoms with Gasteiger partial charge in [-0.25, -0.2) is 15.8 Å². The number of hydrogen-bond donors (Lipinski definition) is 6. The van der Waals surface area contributed by atoms with Crippen LogP contribution in [0.3, 0.4) is 0 Å². The number of rotatable bonds is 40. The molecule has 0 amide bonds. The van der Waals surface area contributed by atoms with E-state index in [-0.39, 0.29) is 89.0 Å². The Morgan fingerprint density at radius 3 is 0.834 bits per heavy atom. The third-order valence-electron chi connectivity index (χ3n) is 21.1. The lowest BCUT2D eigenvalue weighted by molar-refractivity contribution is -0.432. The third-order valence-corrected chi connectivity index (χ3v) is 27.8. The van der Waals surface area contributed by atoms with E-state index >= 15 is 0 Å². The first-order valence-corrected chi connectivity index (χ1v) is 50.4. The van der Waals surface area contributed by atoms with Gasteiger partial charge in [-0.2, -0.15) is 35.8 Å². The van der Waals surface area contributed by atoms with Crippen LogP contribution in [0.1, 0.15) is 70.0 Å². The Morgan fingerprint density at radius 2 is 0.524 bits per heavy atom. The Labute approximate surface area is 850 Å². The lowest BCUT2D eigenvalue weighted by Gasteiger charge is -2.13. The average Bonchev–Trinajstić information content (AvgIpc) is 0.801. The van der Waals surface area contributed by atoms with Crippen molar-refractivity contribution in [2.45, 2.75) is 62.8 Å². The van der Waals surface area contributed by atoms with E-state index in [0.717, 1.165) is 71.3 Å². The smallest absolute Gasteiger partial charge is 0.298 e. The first kappa shape index (κ1) is 104. The molecule has 16 aromatic carbocycles. The number of hydrogen-bond acceptors (Lipinski definition) is 34. The second-order valence-corrected chi connectivity index (χ2v) is 39.2. The van der Waals surface area contributed by atoms with Gasteiger partial charge in [0.15, 0.2) is 17.3 Å². The zero-order chi connectivity index (χ0) is 102. The predicted octanol–water partition coefficient (Wildman–Crippen LogP) is 26.7. The number of benzene rings is 16. The lowest BCUT2D eigenvalue weighted by atomic mass is 10.0. The van der Waals surface area contributed by atoms with Crippen LogP contribution >= 0.6 is 59.7 Å². The number of nitrogens with zero attached hydrogens (tertiary/aromatic N) is 2. The molecule has 0 unspecified atom stereocenters. The van der Waals surface area contributed by atoms with E-state index in [0.29, 0.717) is 98.1 Å². The van der Waals surface area contributed by atoms with E-state index in [4.69, 9.17) is 58.4 Å². The standard InChI is InChI=1S/C53H36N2O12S3.C52H38O18S5/c1-33-5-3-6-46(44(33)31-54)62-38-15-9-34(10-16-38)35-11-17-39(18-12-35)63-47-7-4-8-48(45(47)32-55)64-40-19-23-42(24-20-40)68-43-25-21-41(22-26-43)65-49-27-13-36(29-51(49)69-67-66-57)53(56)37-14-28-50(61-2)52(30-37)70(58,59)60;1-31-3-4-34(27-47(31)72-69-67-55)51(53)36-10-25-45(49(29-36)74(57,58)59)65-40-14-7-33(8-15-40)32-5-12-39(13-6-32)64-44-24-9-35(28-48(44)73-70-68-56)52(54)37-11-26-46(50(30-37)75(60,61)62)66-41-18-22-43(23-19-41)71-42-20-16-38(63-2)17-21-42/h3-30,57H,1-2H3,(H,58,59,60);3-30,55-56H,1-2H3,(H,57,58,59)(H,60,61,62). The minimum atomic E-state index is -4.89. The van der Waals surface area contributed by atoms with Gasteiger partial charge in [0.25, 0.3) is 30.4 Å². The van der Waals surface area contributed by atoms with Crippen molar-refractivity contribution < 1.29 is 140 Å². The summed E-state index contributed by atoms with van der Waals surface area (Å²) in [6, 6.07) is 96.4. The second-order valence-electron chi connectivity index (χ2n) is 30.5. The topological polar surface area (TPSA) is 461 Å². The highest BCUT2D eigenvalue weighted by molar-refractivity contribution is 7.99. The number of methoxy groups -OCH3 is 2. The van der Waals surface area contributed by atoms with Crippen LogP contribution in [0.5, 0.6) is 92.0 Å². The highest BCUT2D eigenvalue weighted by Crippen LogP contribution is 2.45. The van der Waals surface area contributed by atoms with E-state index in [1.807, 2.05) is 116 Å². The fourth-order valence-corrected chi connectivity index (χ4v) is 19.0. The van der Waals surface area contributed by atoms with Gasteiger partial charge in [0.05, 0.1) is 65.7 Å². The van der Waals surface area contributed by atoms with Gasteiger partial charge < -0.3 is 42.6 Å². The van der Waals surface area contributed by atoms with Crippen molar-refractivity contribution in [1.82, 2.24) is 0 Å². The summed E-state index contributed by atoms with van der Waals surface area (Å²) < 4.78 is 170. The van der Waals surface area contributed by atoms with Crippen molar-refractivity contribution in [3.05, 3.63) is 395 Å². The molecule has 0 aliphatic rings. The Hall–Kier alpha value is -15.2. The van der Waals surface area contributed by atoms with Crippen molar-refractivity contribution in [2.24, 2.45) is 0 Å². The largest absolute Gasteiger partial charge is 0.497 e. The number of nitriles is 2. The molecule has 0 heterocycles. The fourth-order valence-electron chi connectivity index (χ4n) is 14.0. The van der Waals surface area contributed by atoms with E-state index < -0.39 is 62.4 Å². The number of ether oxygens (including phenoxy) is 9. The van der Waals surface area contributed by atoms with Crippen LogP contribution in [0.15, 0.2) is 389 Å². The molecule has 40 heteroatoms. The van der Waals surface area contributed by atoms with Crippen molar-refractivity contribution in [3.8, 4) is 126 Å². The number of carbonyl (C=O) groups excluding carboxylic acids is 3. The molecule has 0 aliphatic heterocycles. The molecule has 0 spiro atoms. The van der Waals surface area contributed by atoms with Gasteiger partial charge in [0, 0.05) is 57.9 Å². The molecular weight excluding hydrogens is 2030 g/mol. The van der Waals surface area contributed by atoms with E-state index in [9.17, 15) is 63.8 Å². The molecule has 732 valence electrons. The summed E-state index contributed by atoms with van der Waals surface area (Å²) in [6.45, 7) is 3.61. The fraction of sp³-hybridized carbons (Fsp3) is 0.0381. The van der Waals surface area contributed by atoms with Crippen LogP contribution in [0.25, 0.3) is 22.3 Å². The Bertz CT molecular complexity index is 7930. The molecule has 0 atom stereocenters. The normalized spacial score (nSPS) is 11.2. The summed E-state index contributed by atoms with van der Waals surface area (Å²) in [5.41, 5.74) is 5.74. The number of aryl methyl sites for hydroxylation is 2. The Morgan fingerprint density at radius 1 is 0.269 bits per heavy atom. The van der Waals surface area contributed by atoms with Crippen molar-refractivity contribution >= 4 is 107 Å². The van der Waals surface area contributed by atoms with Crippen molar-refractivity contribution in [1.29, 1.82) is 10.5 Å². The highest BCUT2D eigenvalue weighted by atomic mass is 32.2. The molecule has 6 N–H and O–H groups in total. The molecule has 16 aromatic rings. The van der Waals surface area contributed by atoms with Gasteiger partial charge in [-0.05, 0) is 308 Å². The number of ketones is 3. The first-order valence-electron chi connectivity index (χ1n) is 42.3. The van der Waals surface area contributed by atoms with Gasteiger partial charge in [0.1, 0.15) is 124 Å². The third kappa shape index (κ3) is 27.0. The zero-order valence-electron chi connectivity index (χ0n) is 75.5. The van der Waals surface area contributed by atoms with Crippen LogP contribution in [0.2, 0.25) is 0 Å². The molecule has 0 saturated carbocycles. The molecule has 0 saturated heterocycles. The maximum absolute atomic E-state index is 13.8. The second kappa shape index (κ2) is 47.8. The molecule has 0 bridgehead atoms. The maximum atomic E-state index is 13.8. The molecule has 0 radical (unpaired) electrons. The molecule has 16 rings (SSSR count). The molecule has 0 aromatic heterocycles. The Kier molecular flexibility index (Phi) is 34.3. The average molecular weight is 2100 g/mol.